The number of likely N-dealkylation sites (tertiary alicyclic amines) is 1. The average molecular weight is 489 g/mol. The summed E-state index contributed by atoms with van der Waals surface area (Å²) in [6, 6.07) is 11.9. The molecule has 1 atom stereocenters. The number of nitrogens with zero attached hydrogens (tertiary/aromatic N) is 2. The summed E-state index contributed by atoms with van der Waals surface area (Å²) < 4.78 is 24.5. The second kappa shape index (κ2) is 9.46. The molecule has 2 heterocycles. The maximum Gasteiger partial charge on any atom is 0.321 e. The van der Waals surface area contributed by atoms with Crippen LogP contribution >= 0.6 is 11.3 Å². The van der Waals surface area contributed by atoms with Crippen LogP contribution in [-0.2, 0) is 14.6 Å². The Morgan fingerprint density at radius 1 is 1.21 bits per heavy atom. The minimum absolute atomic E-state index is 0.0979. The summed E-state index contributed by atoms with van der Waals surface area (Å²) in [6.45, 7) is 1.07. The van der Waals surface area contributed by atoms with Crippen molar-refractivity contribution in [2.24, 2.45) is 0 Å². The topological polar surface area (TPSA) is 129 Å². The molecule has 1 aliphatic rings. The molecule has 4 rings (SSSR count). The van der Waals surface area contributed by atoms with Crippen LogP contribution in [0.4, 0.5) is 9.93 Å². The number of nitrogens with one attached hydrogen (secondary N) is 2. The highest BCUT2D eigenvalue weighted by molar-refractivity contribution is 7.90. The zero-order chi connectivity index (χ0) is 23.6. The highest BCUT2D eigenvalue weighted by Crippen LogP contribution is 2.31. The molecule has 0 bridgehead atoms. The van der Waals surface area contributed by atoms with E-state index in [0.29, 0.717) is 30.2 Å². The van der Waals surface area contributed by atoms with Gasteiger partial charge in [-0.05, 0) is 41.8 Å². The predicted molar refractivity (Wildman–Crippen MR) is 127 cm³/mol. The van der Waals surface area contributed by atoms with Gasteiger partial charge in [-0.2, -0.15) is 0 Å². The molecular formula is C22H24N4O5S2. The fourth-order valence-corrected chi connectivity index (χ4v) is 5.18. The van der Waals surface area contributed by atoms with Crippen LogP contribution in [0.3, 0.4) is 0 Å². The number of carbonyl (C=O) groups is 2. The fraction of sp³-hybridized carbons (Fsp3) is 0.318. The van der Waals surface area contributed by atoms with Gasteiger partial charge in [0, 0.05) is 32.3 Å². The molecule has 33 heavy (non-hydrogen) atoms. The number of urea groups is 1. The van der Waals surface area contributed by atoms with Crippen LogP contribution in [-0.4, -0.2) is 67.3 Å². The van der Waals surface area contributed by atoms with E-state index in [2.05, 4.69) is 15.6 Å². The van der Waals surface area contributed by atoms with Gasteiger partial charge in [-0.3, -0.25) is 10.1 Å². The number of carbonyl (C=O) groups excluding carboxylic acids is 2. The second-order valence-electron chi connectivity index (χ2n) is 7.91. The minimum atomic E-state index is -3.30. The van der Waals surface area contributed by atoms with Gasteiger partial charge in [0.25, 0.3) is 0 Å². The van der Waals surface area contributed by atoms with Crippen molar-refractivity contribution < 1.29 is 23.1 Å². The summed E-state index contributed by atoms with van der Waals surface area (Å²) in [5.41, 5.74) is 2.33. The molecule has 3 N–H and O–H groups in total. The van der Waals surface area contributed by atoms with E-state index in [1.807, 2.05) is 24.3 Å². The number of amides is 3. The van der Waals surface area contributed by atoms with Crippen molar-refractivity contribution in [2.45, 2.75) is 23.8 Å². The third-order valence-corrected chi connectivity index (χ3v) is 7.39. The first-order valence-corrected chi connectivity index (χ1v) is 13.1. The zero-order valence-corrected chi connectivity index (χ0v) is 19.6. The Bertz CT molecular complexity index is 1310. The summed E-state index contributed by atoms with van der Waals surface area (Å²) in [5, 5.41) is 15.3. The highest BCUT2D eigenvalue weighted by atomic mass is 32.2. The largest absolute Gasteiger partial charge is 0.391 e. The molecule has 3 amide bonds. The number of aromatic nitrogens is 1. The van der Waals surface area contributed by atoms with E-state index in [4.69, 9.17) is 0 Å². The standard InChI is InChI=1S/C22H24N4O5S2/c1-33(30,31)17-4-2-3-14(11-17)15-5-6-18-19(12-15)32-22(24-18)25-21(29)23-9-7-20(28)26-10-8-16(27)13-26/h2-6,11-12,16,27H,7-10,13H2,1H3,(H2,23,24,25,29). The Labute approximate surface area is 195 Å². The lowest BCUT2D eigenvalue weighted by Gasteiger charge is -2.15. The van der Waals surface area contributed by atoms with Crippen LogP contribution in [0.1, 0.15) is 12.8 Å². The van der Waals surface area contributed by atoms with Crippen LogP contribution < -0.4 is 10.6 Å². The van der Waals surface area contributed by atoms with E-state index in [9.17, 15) is 23.1 Å². The van der Waals surface area contributed by atoms with E-state index in [1.165, 1.54) is 17.6 Å². The Hall–Kier alpha value is -3.02. The van der Waals surface area contributed by atoms with Crippen LogP contribution in [0.5, 0.6) is 0 Å². The highest BCUT2D eigenvalue weighted by Gasteiger charge is 2.24. The van der Waals surface area contributed by atoms with Gasteiger partial charge in [-0.1, -0.05) is 29.5 Å². The van der Waals surface area contributed by atoms with Gasteiger partial charge in [0.1, 0.15) is 0 Å². The molecular weight excluding hydrogens is 464 g/mol. The van der Waals surface area contributed by atoms with Crippen molar-refractivity contribution in [3.8, 4) is 11.1 Å². The number of hydrogen-bond acceptors (Lipinski definition) is 7. The van der Waals surface area contributed by atoms with Gasteiger partial charge in [0.2, 0.25) is 5.91 Å². The lowest BCUT2D eigenvalue weighted by Crippen LogP contribution is -2.35. The van der Waals surface area contributed by atoms with Crippen LogP contribution in [0.2, 0.25) is 0 Å². The van der Waals surface area contributed by atoms with Gasteiger partial charge < -0.3 is 15.3 Å². The molecule has 0 saturated carbocycles. The number of thiazole rings is 1. The molecule has 11 heteroatoms. The Kier molecular flexibility index (Phi) is 6.63. The maximum atomic E-state index is 12.2. The molecule has 1 saturated heterocycles. The van der Waals surface area contributed by atoms with Crippen molar-refractivity contribution in [3.05, 3.63) is 42.5 Å². The normalized spacial score (nSPS) is 16.2. The molecule has 3 aromatic rings. The van der Waals surface area contributed by atoms with Crippen molar-refractivity contribution in [3.63, 3.8) is 0 Å². The lowest BCUT2D eigenvalue weighted by atomic mass is 10.1. The van der Waals surface area contributed by atoms with Crippen molar-refractivity contribution in [1.82, 2.24) is 15.2 Å². The third-order valence-electron chi connectivity index (χ3n) is 5.34. The zero-order valence-electron chi connectivity index (χ0n) is 17.9. The van der Waals surface area contributed by atoms with E-state index >= 15 is 0 Å². The van der Waals surface area contributed by atoms with E-state index in [1.54, 1.807) is 23.1 Å². The first-order chi connectivity index (χ1) is 15.7. The van der Waals surface area contributed by atoms with Crippen LogP contribution in [0.25, 0.3) is 21.3 Å². The van der Waals surface area contributed by atoms with Gasteiger partial charge >= 0.3 is 6.03 Å². The molecule has 2 aromatic carbocycles. The van der Waals surface area contributed by atoms with Gasteiger partial charge in [-0.15, -0.1) is 0 Å². The second-order valence-corrected chi connectivity index (χ2v) is 11.0. The minimum Gasteiger partial charge on any atom is -0.391 e. The molecule has 0 aliphatic carbocycles. The summed E-state index contributed by atoms with van der Waals surface area (Å²) in [6.07, 6.45) is 1.46. The summed E-state index contributed by atoms with van der Waals surface area (Å²) >= 11 is 1.30. The average Bonchev–Trinajstić information content (AvgIpc) is 3.38. The number of rotatable bonds is 6. The van der Waals surface area contributed by atoms with E-state index in [-0.39, 0.29) is 23.8 Å². The van der Waals surface area contributed by atoms with Crippen molar-refractivity contribution >= 4 is 48.5 Å². The molecule has 1 aliphatic heterocycles. The lowest BCUT2D eigenvalue weighted by molar-refractivity contribution is -0.130. The number of hydrogen-bond donors (Lipinski definition) is 3. The molecule has 174 valence electrons. The molecule has 0 spiro atoms. The molecule has 1 aromatic heterocycles. The number of sulfone groups is 1. The number of benzene rings is 2. The smallest absolute Gasteiger partial charge is 0.321 e. The van der Waals surface area contributed by atoms with Crippen LogP contribution in [0.15, 0.2) is 47.4 Å². The van der Waals surface area contributed by atoms with E-state index in [0.717, 1.165) is 15.8 Å². The van der Waals surface area contributed by atoms with Crippen LogP contribution in [0, 0.1) is 0 Å². The Morgan fingerprint density at radius 2 is 2.00 bits per heavy atom. The summed E-state index contributed by atoms with van der Waals surface area (Å²) in [5.74, 6) is -0.0979. The molecule has 1 fully saturated rings. The van der Waals surface area contributed by atoms with Gasteiger partial charge in [0.05, 0.1) is 21.2 Å². The molecule has 1 unspecified atom stereocenters. The molecule has 9 nitrogen and oxygen atoms in total. The van der Waals surface area contributed by atoms with Gasteiger partial charge in [0.15, 0.2) is 15.0 Å². The molecule has 0 radical (unpaired) electrons. The van der Waals surface area contributed by atoms with Crippen molar-refractivity contribution in [2.75, 3.05) is 31.2 Å². The SMILES string of the molecule is CS(=O)(=O)c1cccc(-c2ccc3nc(NC(=O)NCCC(=O)N4CCC(O)C4)sc3c2)c1. The maximum absolute atomic E-state index is 12.2. The first kappa shape index (κ1) is 23.1. The first-order valence-electron chi connectivity index (χ1n) is 10.4. The summed E-state index contributed by atoms with van der Waals surface area (Å²) in [7, 11) is -3.30. The Balaban J connectivity index is 1.37. The monoisotopic (exact) mass is 488 g/mol. The number of anilines is 1. The van der Waals surface area contributed by atoms with Gasteiger partial charge in [-0.25, -0.2) is 18.2 Å². The number of fused-ring (bicyclic) bond motifs is 1. The quantitative estimate of drug-likeness (QED) is 0.489. The van der Waals surface area contributed by atoms with Crippen molar-refractivity contribution in [1.29, 1.82) is 0 Å². The summed E-state index contributed by atoms with van der Waals surface area (Å²) in [4.78, 5) is 30.5. The number of β-amino-alcohol motifs (C(OH)–C–C–N with tert-alkyl or cyclic N) is 1. The van der Waals surface area contributed by atoms with E-state index < -0.39 is 22.0 Å². The number of aliphatic hydroxyl groups excluding tert-OH is 1. The Morgan fingerprint density at radius 3 is 2.73 bits per heavy atom. The predicted octanol–water partition coefficient (Wildman–Crippen LogP) is 2.47. The fourth-order valence-electron chi connectivity index (χ4n) is 3.61. The number of aliphatic hydroxyl groups is 1. The third kappa shape index (κ3) is 5.67.